The molecular formula is C25H31N3O2S. The second-order valence-electron chi connectivity index (χ2n) is 9.28. The second-order valence-corrected chi connectivity index (χ2v) is 11.1. The lowest BCUT2D eigenvalue weighted by Crippen LogP contribution is -2.45. The maximum Gasteiger partial charge on any atom is 0.268 e. The highest BCUT2D eigenvalue weighted by molar-refractivity contribution is 7.90. The number of likely N-dealkylation sites (tertiary alicyclic amines) is 1. The predicted octanol–water partition coefficient (Wildman–Crippen LogP) is 3.95. The average Bonchev–Trinajstić information content (AvgIpc) is 3.08. The van der Waals surface area contributed by atoms with Crippen molar-refractivity contribution in [3.63, 3.8) is 0 Å². The molecule has 1 aromatic heterocycles. The number of aryl methyl sites for hydroxylation is 2. The third kappa shape index (κ3) is 3.60. The van der Waals surface area contributed by atoms with E-state index in [-0.39, 0.29) is 0 Å². The third-order valence-corrected chi connectivity index (χ3v) is 8.82. The Kier molecular flexibility index (Phi) is 5.19. The van der Waals surface area contributed by atoms with Gasteiger partial charge in [0.1, 0.15) is 0 Å². The molecule has 6 heteroatoms. The smallest absolute Gasteiger partial charge is 0.268 e. The van der Waals surface area contributed by atoms with Crippen LogP contribution >= 0.6 is 0 Å². The molecule has 3 aromatic rings. The quantitative estimate of drug-likeness (QED) is 0.623. The number of hydrogen-bond acceptors (Lipinski definition) is 4. The Bertz CT molecular complexity index is 1220. The van der Waals surface area contributed by atoms with Gasteiger partial charge >= 0.3 is 0 Å². The molecule has 1 saturated heterocycles. The molecule has 0 spiro atoms. The summed E-state index contributed by atoms with van der Waals surface area (Å²) in [6.45, 7) is 8.08. The molecule has 1 fully saturated rings. The summed E-state index contributed by atoms with van der Waals surface area (Å²) in [6, 6.07) is 13.9. The monoisotopic (exact) mass is 437 g/mol. The molecule has 0 atom stereocenters. The number of piperidine rings is 1. The van der Waals surface area contributed by atoms with Crippen LogP contribution in [0.2, 0.25) is 0 Å². The summed E-state index contributed by atoms with van der Waals surface area (Å²) < 4.78 is 29.1. The minimum atomic E-state index is -3.65. The lowest BCUT2D eigenvalue weighted by molar-refractivity contribution is 0.109. The molecule has 164 valence electrons. The van der Waals surface area contributed by atoms with Crippen LogP contribution in [0.4, 0.5) is 0 Å². The molecule has 5 nitrogen and oxygen atoms in total. The van der Waals surface area contributed by atoms with Gasteiger partial charge in [-0.25, -0.2) is 12.4 Å². The molecule has 2 aliphatic heterocycles. The van der Waals surface area contributed by atoms with Gasteiger partial charge < -0.3 is 4.90 Å². The number of benzene rings is 2. The minimum absolute atomic E-state index is 0.358. The zero-order valence-corrected chi connectivity index (χ0v) is 19.5. The number of hydrogen-bond donors (Lipinski definition) is 0. The first-order chi connectivity index (χ1) is 14.8. The molecule has 0 radical (unpaired) electrons. The Morgan fingerprint density at radius 2 is 1.58 bits per heavy atom. The van der Waals surface area contributed by atoms with Crippen LogP contribution in [-0.4, -0.2) is 54.9 Å². The first-order valence-corrected chi connectivity index (χ1v) is 12.7. The summed E-state index contributed by atoms with van der Waals surface area (Å²) in [6.07, 6.45) is 3.14. The van der Waals surface area contributed by atoms with Gasteiger partial charge in [-0.2, -0.15) is 0 Å². The molecule has 5 rings (SSSR count). The van der Waals surface area contributed by atoms with Crippen LogP contribution < -0.4 is 0 Å². The molecule has 0 unspecified atom stereocenters. The van der Waals surface area contributed by atoms with Gasteiger partial charge in [0, 0.05) is 36.6 Å². The van der Waals surface area contributed by atoms with Crippen molar-refractivity contribution in [1.29, 1.82) is 0 Å². The molecule has 0 aliphatic carbocycles. The minimum Gasteiger partial charge on any atom is -0.306 e. The van der Waals surface area contributed by atoms with Crippen molar-refractivity contribution in [1.82, 2.24) is 13.8 Å². The fourth-order valence-corrected chi connectivity index (χ4v) is 6.82. The zero-order valence-electron chi connectivity index (χ0n) is 18.6. The van der Waals surface area contributed by atoms with Crippen molar-refractivity contribution in [2.45, 2.75) is 50.6 Å². The Morgan fingerprint density at radius 1 is 0.903 bits per heavy atom. The summed E-state index contributed by atoms with van der Waals surface area (Å²) in [7, 11) is -1.46. The van der Waals surface area contributed by atoms with E-state index < -0.39 is 10.0 Å². The van der Waals surface area contributed by atoms with E-state index >= 15 is 0 Å². The lowest BCUT2D eigenvalue weighted by Gasteiger charge is -2.39. The maximum absolute atomic E-state index is 13.7. The molecule has 31 heavy (non-hydrogen) atoms. The van der Waals surface area contributed by atoms with E-state index in [4.69, 9.17) is 0 Å². The van der Waals surface area contributed by atoms with Gasteiger partial charge in [-0.05, 0) is 76.7 Å². The third-order valence-electron chi connectivity index (χ3n) is 7.05. The molecule has 0 saturated carbocycles. The SMILES string of the molecule is Cc1ccc(S(=O)(=O)n2c3c(c4cc(C)ccc42)CN(C2CCN(C)CC2)CC3)cc1. The van der Waals surface area contributed by atoms with Crippen molar-refractivity contribution < 1.29 is 8.42 Å². The zero-order chi connectivity index (χ0) is 21.8. The van der Waals surface area contributed by atoms with E-state index in [2.05, 4.69) is 29.8 Å². The molecule has 0 amide bonds. The fourth-order valence-electron chi connectivity index (χ4n) is 5.21. The maximum atomic E-state index is 13.7. The van der Waals surface area contributed by atoms with Gasteiger partial charge in [-0.15, -0.1) is 0 Å². The topological polar surface area (TPSA) is 45.6 Å². The average molecular weight is 438 g/mol. The van der Waals surface area contributed by atoms with Crippen LogP contribution in [-0.2, 0) is 23.0 Å². The normalized spacial score (nSPS) is 19.1. The van der Waals surface area contributed by atoms with Crippen molar-refractivity contribution in [2.24, 2.45) is 0 Å². The number of aromatic nitrogens is 1. The summed E-state index contributed by atoms with van der Waals surface area (Å²) >= 11 is 0. The van der Waals surface area contributed by atoms with Crippen LogP contribution in [0.3, 0.4) is 0 Å². The molecule has 3 heterocycles. The van der Waals surface area contributed by atoms with Crippen molar-refractivity contribution in [3.8, 4) is 0 Å². The Morgan fingerprint density at radius 3 is 2.29 bits per heavy atom. The summed E-state index contributed by atoms with van der Waals surface area (Å²) in [5.41, 5.74) is 5.19. The van der Waals surface area contributed by atoms with E-state index in [1.165, 1.54) is 18.4 Å². The van der Waals surface area contributed by atoms with Crippen molar-refractivity contribution in [2.75, 3.05) is 26.7 Å². The molecule has 0 bridgehead atoms. The second kappa shape index (κ2) is 7.76. The predicted molar refractivity (Wildman–Crippen MR) is 125 cm³/mol. The van der Waals surface area contributed by atoms with Gasteiger partial charge in [0.25, 0.3) is 10.0 Å². The first-order valence-electron chi connectivity index (χ1n) is 11.2. The van der Waals surface area contributed by atoms with Gasteiger partial charge in [0.2, 0.25) is 0 Å². The van der Waals surface area contributed by atoms with E-state index in [1.54, 1.807) is 16.1 Å². The summed E-state index contributed by atoms with van der Waals surface area (Å²) in [5.74, 6) is 0. The van der Waals surface area contributed by atoms with Gasteiger partial charge in [-0.1, -0.05) is 29.3 Å². The fraction of sp³-hybridized carbons (Fsp3) is 0.440. The summed E-state index contributed by atoms with van der Waals surface area (Å²) in [4.78, 5) is 5.34. The van der Waals surface area contributed by atoms with E-state index in [0.29, 0.717) is 10.9 Å². The van der Waals surface area contributed by atoms with Gasteiger partial charge in [-0.3, -0.25) is 4.90 Å². The summed E-state index contributed by atoms with van der Waals surface area (Å²) in [5, 5.41) is 1.09. The van der Waals surface area contributed by atoms with Crippen LogP contribution in [0.15, 0.2) is 47.4 Å². The number of rotatable bonds is 3. The van der Waals surface area contributed by atoms with Crippen LogP contribution in [0.25, 0.3) is 10.9 Å². The molecule has 2 aromatic carbocycles. The van der Waals surface area contributed by atoms with Gasteiger partial charge in [0.15, 0.2) is 0 Å². The highest BCUT2D eigenvalue weighted by atomic mass is 32.2. The highest BCUT2D eigenvalue weighted by Crippen LogP contribution is 2.36. The number of nitrogens with zero attached hydrogens (tertiary/aromatic N) is 3. The van der Waals surface area contributed by atoms with Crippen LogP contribution in [0.5, 0.6) is 0 Å². The van der Waals surface area contributed by atoms with Crippen LogP contribution in [0.1, 0.15) is 35.2 Å². The first kappa shape index (κ1) is 20.7. The van der Waals surface area contributed by atoms with E-state index in [1.807, 2.05) is 31.2 Å². The standard InChI is InChI=1S/C25H31N3O2S/c1-18-4-7-21(8-5-18)31(29,30)28-24-9-6-19(2)16-22(24)23-17-27(15-12-25(23)28)20-10-13-26(3)14-11-20/h4-9,16,20H,10-15,17H2,1-3H3. The molecule has 2 aliphatic rings. The molecular weight excluding hydrogens is 406 g/mol. The largest absolute Gasteiger partial charge is 0.306 e. The number of fused-ring (bicyclic) bond motifs is 3. The van der Waals surface area contributed by atoms with E-state index in [0.717, 1.165) is 60.3 Å². The van der Waals surface area contributed by atoms with Crippen LogP contribution in [0, 0.1) is 13.8 Å². The highest BCUT2D eigenvalue weighted by Gasteiger charge is 2.33. The Labute approximate surface area is 185 Å². The molecule has 0 N–H and O–H groups in total. The Balaban J connectivity index is 1.61. The van der Waals surface area contributed by atoms with Gasteiger partial charge in [0.05, 0.1) is 10.4 Å². The Hall–Kier alpha value is -2.15. The van der Waals surface area contributed by atoms with Crippen molar-refractivity contribution in [3.05, 3.63) is 64.8 Å². The van der Waals surface area contributed by atoms with E-state index in [9.17, 15) is 8.42 Å². The lowest BCUT2D eigenvalue weighted by atomic mass is 9.98. The van der Waals surface area contributed by atoms with Crippen molar-refractivity contribution >= 4 is 20.9 Å².